The Balaban J connectivity index is 2.09. The summed E-state index contributed by atoms with van der Waals surface area (Å²) < 4.78 is 4.67. The van der Waals surface area contributed by atoms with E-state index in [-0.39, 0.29) is 5.97 Å². The van der Waals surface area contributed by atoms with Crippen molar-refractivity contribution in [2.45, 2.75) is 6.92 Å². The largest absolute Gasteiger partial charge is 0.466 e. The molecule has 0 amide bonds. The molecule has 0 aliphatic carbocycles. The van der Waals surface area contributed by atoms with Crippen LogP contribution in [0.15, 0.2) is 60.2 Å². The van der Waals surface area contributed by atoms with Gasteiger partial charge in [-0.05, 0) is 42.8 Å². The minimum absolute atomic E-state index is 0.309. The third-order valence-corrected chi connectivity index (χ3v) is 2.86. The van der Waals surface area contributed by atoms with E-state index in [1.165, 1.54) is 7.11 Å². The zero-order chi connectivity index (χ0) is 14.4. The van der Waals surface area contributed by atoms with Crippen LogP contribution in [-0.4, -0.2) is 13.1 Å². The molecule has 0 saturated heterocycles. The Labute approximate surface area is 118 Å². The van der Waals surface area contributed by atoms with Gasteiger partial charge in [0.25, 0.3) is 0 Å². The van der Waals surface area contributed by atoms with E-state index < -0.39 is 0 Å². The molecule has 102 valence electrons. The highest BCUT2D eigenvalue weighted by Crippen LogP contribution is 2.17. The second-order valence-corrected chi connectivity index (χ2v) is 4.43. The summed E-state index contributed by atoms with van der Waals surface area (Å²) in [6, 6.07) is 17.8. The van der Waals surface area contributed by atoms with Gasteiger partial charge >= 0.3 is 5.97 Å². The number of hydrogen-bond donors (Lipinski definition) is 1. The number of rotatable bonds is 4. The highest BCUT2D eigenvalue weighted by atomic mass is 16.5. The molecule has 2 rings (SSSR count). The van der Waals surface area contributed by atoms with E-state index in [0.717, 1.165) is 16.9 Å². The molecule has 0 atom stereocenters. The first-order valence-corrected chi connectivity index (χ1v) is 6.38. The molecule has 0 radical (unpaired) electrons. The molecule has 0 aliphatic rings. The van der Waals surface area contributed by atoms with Crippen molar-refractivity contribution in [1.82, 2.24) is 0 Å². The van der Waals surface area contributed by atoms with Gasteiger partial charge in [-0.3, -0.25) is 0 Å². The standard InChI is InChI=1S/C17H17NO2/c1-13(17(19)20-2)12-14-8-10-16(11-9-14)18-15-6-4-3-5-7-15/h3-12,18H,1-2H3/b13-12-. The third-order valence-electron chi connectivity index (χ3n) is 2.86. The monoisotopic (exact) mass is 267 g/mol. The van der Waals surface area contributed by atoms with Crippen LogP contribution in [0.25, 0.3) is 6.08 Å². The molecule has 0 spiro atoms. The minimum Gasteiger partial charge on any atom is -0.466 e. The highest BCUT2D eigenvalue weighted by molar-refractivity contribution is 5.92. The molecule has 0 bridgehead atoms. The van der Waals surface area contributed by atoms with Gasteiger partial charge in [-0.2, -0.15) is 0 Å². The lowest BCUT2D eigenvalue weighted by molar-refractivity contribution is -0.135. The summed E-state index contributed by atoms with van der Waals surface area (Å²) in [7, 11) is 1.38. The van der Waals surface area contributed by atoms with Gasteiger partial charge in [0.2, 0.25) is 0 Å². The Hall–Kier alpha value is -2.55. The maximum Gasteiger partial charge on any atom is 0.333 e. The lowest BCUT2D eigenvalue weighted by atomic mass is 10.1. The van der Waals surface area contributed by atoms with Gasteiger partial charge in [0.05, 0.1) is 7.11 Å². The first kappa shape index (κ1) is 13.9. The van der Waals surface area contributed by atoms with Crippen molar-refractivity contribution in [3.8, 4) is 0 Å². The number of ether oxygens (including phenoxy) is 1. The molecule has 0 heterocycles. The molecule has 2 aromatic carbocycles. The number of methoxy groups -OCH3 is 1. The third kappa shape index (κ3) is 3.72. The molecule has 0 aliphatic heterocycles. The Kier molecular flexibility index (Phi) is 4.56. The van der Waals surface area contributed by atoms with Crippen LogP contribution in [0.3, 0.4) is 0 Å². The highest BCUT2D eigenvalue weighted by Gasteiger charge is 2.02. The van der Waals surface area contributed by atoms with Crippen LogP contribution in [0.5, 0.6) is 0 Å². The fourth-order valence-electron chi connectivity index (χ4n) is 1.82. The van der Waals surface area contributed by atoms with E-state index in [9.17, 15) is 4.79 Å². The summed E-state index contributed by atoms with van der Waals surface area (Å²) in [5.41, 5.74) is 3.59. The van der Waals surface area contributed by atoms with E-state index in [2.05, 4.69) is 10.1 Å². The number of carbonyl (C=O) groups is 1. The second kappa shape index (κ2) is 6.57. The summed E-state index contributed by atoms with van der Waals surface area (Å²) in [5, 5.41) is 3.31. The molecule has 3 nitrogen and oxygen atoms in total. The van der Waals surface area contributed by atoms with E-state index >= 15 is 0 Å². The molecular formula is C17H17NO2. The lowest BCUT2D eigenvalue weighted by Crippen LogP contribution is -2.00. The maximum absolute atomic E-state index is 11.3. The van der Waals surface area contributed by atoms with Crippen LogP contribution < -0.4 is 5.32 Å². The molecule has 0 aromatic heterocycles. The smallest absolute Gasteiger partial charge is 0.333 e. The van der Waals surface area contributed by atoms with Gasteiger partial charge in [-0.1, -0.05) is 30.3 Å². The Morgan fingerprint density at radius 3 is 2.20 bits per heavy atom. The molecular weight excluding hydrogens is 250 g/mol. The first-order valence-electron chi connectivity index (χ1n) is 6.38. The number of para-hydroxylation sites is 1. The second-order valence-electron chi connectivity index (χ2n) is 4.43. The molecule has 0 unspecified atom stereocenters. The summed E-state index contributed by atoms with van der Waals surface area (Å²) in [4.78, 5) is 11.3. The van der Waals surface area contributed by atoms with Crippen LogP contribution >= 0.6 is 0 Å². The van der Waals surface area contributed by atoms with E-state index in [1.54, 1.807) is 13.0 Å². The SMILES string of the molecule is COC(=O)/C(C)=C\c1ccc(Nc2ccccc2)cc1. The fraction of sp³-hybridized carbons (Fsp3) is 0.118. The topological polar surface area (TPSA) is 38.3 Å². The van der Waals surface area contributed by atoms with Crippen molar-refractivity contribution in [3.05, 3.63) is 65.7 Å². The van der Waals surface area contributed by atoms with E-state index in [4.69, 9.17) is 0 Å². The van der Waals surface area contributed by atoms with Gasteiger partial charge in [0, 0.05) is 16.9 Å². The summed E-state index contributed by atoms with van der Waals surface area (Å²) >= 11 is 0. The predicted octanol–water partition coefficient (Wildman–Crippen LogP) is 4.01. The zero-order valence-electron chi connectivity index (χ0n) is 11.6. The number of nitrogens with one attached hydrogen (secondary N) is 1. The predicted molar refractivity (Wildman–Crippen MR) is 81.8 cm³/mol. The zero-order valence-corrected chi connectivity index (χ0v) is 11.6. The minimum atomic E-state index is -0.309. The van der Waals surface area contributed by atoms with Crippen molar-refractivity contribution >= 4 is 23.4 Å². The van der Waals surface area contributed by atoms with Gasteiger partial charge in [-0.15, -0.1) is 0 Å². The van der Waals surface area contributed by atoms with Crippen LogP contribution in [-0.2, 0) is 9.53 Å². The molecule has 2 aromatic rings. The number of carbonyl (C=O) groups excluding carboxylic acids is 1. The van der Waals surface area contributed by atoms with Crippen molar-refractivity contribution in [3.63, 3.8) is 0 Å². The Morgan fingerprint density at radius 1 is 1.00 bits per heavy atom. The number of benzene rings is 2. The van der Waals surface area contributed by atoms with Crippen LogP contribution in [0.1, 0.15) is 12.5 Å². The number of hydrogen-bond acceptors (Lipinski definition) is 3. The van der Waals surface area contributed by atoms with Crippen molar-refractivity contribution in [2.24, 2.45) is 0 Å². The lowest BCUT2D eigenvalue weighted by Gasteiger charge is -2.06. The van der Waals surface area contributed by atoms with Crippen LogP contribution in [0.4, 0.5) is 11.4 Å². The van der Waals surface area contributed by atoms with Gasteiger partial charge < -0.3 is 10.1 Å². The quantitative estimate of drug-likeness (QED) is 0.672. The molecule has 20 heavy (non-hydrogen) atoms. The molecule has 3 heteroatoms. The van der Waals surface area contributed by atoms with Gasteiger partial charge in [0.1, 0.15) is 0 Å². The molecule has 0 fully saturated rings. The summed E-state index contributed by atoms with van der Waals surface area (Å²) in [6.07, 6.45) is 1.80. The Bertz CT molecular complexity index is 601. The maximum atomic E-state index is 11.3. The van der Waals surface area contributed by atoms with Crippen molar-refractivity contribution < 1.29 is 9.53 Å². The average molecular weight is 267 g/mol. The van der Waals surface area contributed by atoms with Crippen LogP contribution in [0, 0.1) is 0 Å². The van der Waals surface area contributed by atoms with Crippen LogP contribution in [0.2, 0.25) is 0 Å². The van der Waals surface area contributed by atoms with Crippen molar-refractivity contribution in [2.75, 3.05) is 12.4 Å². The fourth-order valence-corrected chi connectivity index (χ4v) is 1.82. The van der Waals surface area contributed by atoms with Gasteiger partial charge in [-0.25, -0.2) is 4.79 Å². The molecule has 0 saturated carbocycles. The summed E-state index contributed by atoms with van der Waals surface area (Å²) in [6.45, 7) is 1.74. The average Bonchev–Trinajstić information content (AvgIpc) is 2.49. The van der Waals surface area contributed by atoms with Gasteiger partial charge in [0.15, 0.2) is 0 Å². The number of esters is 1. The number of anilines is 2. The summed E-state index contributed by atoms with van der Waals surface area (Å²) in [5.74, 6) is -0.309. The van der Waals surface area contributed by atoms with Crippen molar-refractivity contribution in [1.29, 1.82) is 0 Å². The van der Waals surface area contributed by atoms with E-state index in [0.29, 0.717) is 5.57 Å². The first-order chi connectivity index (χ1) is 9.69. The molecule has 1 N–H and O–H groups in total. The van der Waals surface area contributed by atoms with E-state index in [1.807, 2.05) is 54.6 Å². The normalized spacial score (nSPS) is 11.0. The Morgan fingerprint density at radius 2 is 1.60 bits per heavy atom.